The Balaban J connectivity index is 1.87. The SMILES string of the molecule is CCCn1cccc1CNCc1cn[nH]c1NC(=O)OC(C)(C)C. The van der Waals surface area contributed by atoms with Gasteiger partial charge in [-0.05, 0) is 39.3 Å². The molecule has 0 aliphatic carbocycles. The summed E-state index contributed by atoms with van der Waals surface area (Å²) in [5.41, 5.74) is 1.59. The second kappa shape index (κ2) is 8.01. The fourth-order valence-electron chi connectivity index (χ4n) is 2.35. The highest BCUT2D eigenvalue weighted by Crippen LogP contribution is 2.14. The lowest BCUT2D eigenvalue weighted by Crippen LogP contribution is -2.27. The Morgan fingerprint density at radius 1 is 1.38 bits per heavy atom. The highest BCUT2D eigenvalue weighted by atomic mass is 16.6. The fraction of sp³-hybridized carbons (Fsp3) is 0.529. The first-order valence-electron chi connectivity index (χ1n) is 8.26. The van der Waals surface area contributed by atoms with Gasteiger partial charge in [-0.25, -0.2) is 4.79 Å². The minimum atomic E-state index is -0.535. The maximum atomic E-state index is 11.9. The predicted octanol–water partition coefficient (Wildman–Crippen LogP) is 3.26. The van der Waals surface area contributed by atoms with E-state index in [1.807, 2.05) is 20.8 Å². The number of anilines is 1. The van der Waals surface area contributed by atoms with E-state index >= 15 is 0 Å². The van der Waals surface area contributed by atoms with Crippen LogP contribution in [0.1, 0.15) is 45.4 Å². The number of carbonyl (C=O) groups is 1. The number of nitrogens with one attached hydrogen (secondary N) is 3. The van der Waals surface area contributed by atoms with Gasteiger partial charge in [-0.1, -0.05) is 6.92 Å². The Kier molecular flexibility index (Phi) is 6.03. The summed E-state index contributed by atoms with van der Waals surface area (Å²) in [6.45, 7) is 10.0. The van der Waals surface area contributed by atoms with Gasteiger partial charge in [0.2, 0.25) is 0 Å². The lowest BCUT2D eigenvalue weighted by Gasteiger charge is -2.19. The average molecular weight is 333 g/mol. The molecule has 2 rings (SSSR count). The summed E-state index contributed by atoms with van der Waals surface area (Å²) in [5.74, 6) is 0.556. The van der Waals surface area contributed by atoms with Crippen LogP contribution in [0.3, 0.4) is 0 Å². The number of aromatic amines is 1. The van der Waals surface area contributed by atoms with Crippen LogP contribution in [0.25, 0.3) is 0 Å². The Morgan fingerprint density at radius 2 is 2.17 bits per heavy atom. The number of rotatable bonds is 7. The van der Waals surface area contributed by atoms with Gasteiger partial charge in [0.05, 0.1) is 6.20 Å². The molecule has 7 heteroatoms. The van der Waals surface area contributed by atoms with E-state index in [0.29, 0.717) is 12.4 Å². The van der Waals surface area contributed by atoms with Crippen LogP contribution in [-0.2, 0) is 24.4 Å². The van der Waals surface area contributed by atoms with Gasteiger partial charge in [0.1, 0.15) is 11.4 Å². The highest BCUT2D eigenvalue weighted by molar-refractivity contribution is 5.84. The summed E-state index contributed by atoms with van der Waals surface area (Å²) < 4.78 is 7.49. The van der Waals surface area contributed by atoms with E-state index in [-0.39, 0.29) is 0 Å². The molecule has 0 unspecified atom stereocenters. The molecule has 0 fully saturated rings. The zero-order chi connectivity index (χ0) is 17.6. The quantitative estimate of drug-likeness (QED) is 0.726. The zero-order valence-electron chi connectivity index (χ0n) is 14.8. The van der Waals surface area contributed by atoms with Gasteiger partial charge >= 0.3 is 6.09 Å². The minimum absolute atomic E-state index is 0.496. The summed E-state index contributed by atoms with van der Waals surface area (Å²) >= 11 is 0. The van der Waals surface area contributed by atoms with Gasteiger partial charge in [0.15, 0.2) is 0 Å². The third-order valence-corrected chi connectivity index (χ3v) is 3.35. The highest BCUT2D eigenvalue weighted by Gasteiger charge is 2.17. The van der Waals surface area contributed by atoms with Crippen molar-refractivity contribution in [3.8, 4) is 0 Å². The summed E-state index contributed by atoms with van der Waals surface area (Å²) in [5, 5.41) is 12.9. The number of H-pyrrole nitrogens is 1. The molecule has 3 N–H and O–H groups in total. The third-order valence-electron chi connectivity index (χ3n) is 3.35. The van der Waals surface area contributed by atoms with Gasteiger partial charge in [-0.15, -0.1) is 0 Å². The molecule has 0 radical (unpaired) electrons. The molecule has 0 aliphatic heterocycles. The molecule has 0 aromatic carbocycles. The maximum absolute atomic E-state index is 11.9. The molecule has 0 spiro atoms. The summed E-state index contributed by atoms with van der Waals surface area (Å²) in [6.07, 6.45) is 4.40. The summed E-state index contributed by atoms with van der Waals surface area (Å²) in [6, 6.07) is 4.16. The number of carbonyl (C=O) groups excluding carboxylic acids is 1. The second-order valence-corrected chi connectivity index (χ2v) is 6.69. The van der Waals surface area contributed by atoms with E-state index in [1.165, 1.54) is 5.69 Å². The van der Waals surface area contributed by atoms with Crippen molar-refractivity contribution in [2.75, 3.05) is 5.32 Å². The molecule has 24 heavy (non-hydrogen) atoms. The second-order valence-electron chi connectivity index (χ2n) is 6.69. The van der Waals surface area contributed by atoms with Crippen LogP contribution >= 0.6 is 0 Å². The molecule has 0 atom stereocenters. The molecular weight excluding hydrogens is 306 g/mol. The lowest BCUT2D eigenvalue weighted by molar-refractivity contribution is 0.0635. The molecule has 0 saturated carbocycles. The monoisotopic (exact) mass is 333 g/mol. The van der Waals surface area contributed by atoms with E-state index in [4.69, 9.17) is 4.74 Å². The number of hydrogen-bond acceptors (Lipinski definition) is 4. The Hall–Kier alpha value is -2.28. The van der Waals surface area contributed by atoms with Crippen LogP contribution in [0.15, 0.2) is 24.5 Å². The van der Waals surface area contributed by atoms with Gasteiger partial charge in [-0.3, -0.25) is 10.4 Å². The minimum Gasteiger partial charge on any atom is -0.444 e. The first-order valence-corrected chi connectivity index (χ1v) is 8.26. The van der Waals surface area contributed by atoms with Crippen molar-refractivity contribution < 1.29 is 9.53 Å². The van der Waals surface area contributed by atoms with Crippen molar-refractivity contribution in [3.63, 3.8) is 0 Å². The molecule has 2 aromatic rings. The molecule has 1 amide bonds. The number of aromatic nitrogens is 3. The number of hydrogen-bond donors (Lipinski definition) is 3. The van der Waals surface area contributed by atoms with Crippen LogP contribution in [-0.4, -0.2) is 26.5 Å². The van der Waals surface area contributed by atoms with Crippen LogP contribution in [0, 0.1) is 0 Å². The number of aryl methyl sites for hydroxylation is 1. The Bertz CT molecular complexity index is 654. The fourth-order valence-corrected chi connectivity index (χ4v) is 2.35. The largest absolute Gasteiger partial charge is 0.444 e. The molecule has 132 valence electrons. The maximum Gasteiger partial charge on any atom is 0.413 e. The van der Waals surface area contributed by atoms with Gasteiger partial charge < -0.3 is 14.6 Å². The third kappa shape index (κ3) is 5.42. The molecule has 7 nitrogen and oxygen atoms in total. The summed E-state index contributed by atoms with van der Waals surface area (Å²) in [7, 11) is 0. The summed E-state index contributed by atoms with van der Waals surface area (Å²) in [4.78, 5) is 11.9. The predicted molar refractivity (Wildman–Crippen MR) is 93.7 cm³/mol. The van der Waals surface area contributed by atoms with Crippen molar-refractivity contribution in [2.45, 2.75) is 59.4 Å². The lowest BCUT2D eigenvalue weighted by atomic mass is 10.2. The zero-order valence-corrected chi connectivity index (χ0v) is 14.8. The van der Waals surface area contributed by atoms with Gasteiger partial charge in [0, 0.05) is 37.1 Å². The topological polar surface area (TPSA) is 84.0 Å². The van der Waals surface area contributed by atoms with E-state index in [1.54, 1.807) is 6.20 Å². The van der Waals surface area contributed by atoms with Crippen LogP contribution in [0.4, 0.5) is 10.6 Å². The van der Waals surface area contributed by atoms with Crippen LogP contribution in [0.5, 0.6) is 0 Å². The number of ether oxygens (including phenoxy) is 1. The van der Waals surface area contributed by atoms with Crippen LogP contribution in [0.2, 0.25) is 0 Å². The standard InChI is InChI=1S/C17H27N5O2/c1-5-8-22-9-6-7-14(22)12-18-10-13-11-19-21-15(13)20-16(23)24-17(2,3)4/h6-7,9,11,18H,5,8,10,12H2,1-4H3,(H2,19,20,21,23). The Labute approximate surface area is 142 Å². The smallest absolute Gasteiger partial charge is 0.413 e. The van der Waals surface area contributed by atoms with Crippen molar-refractivity contribution >= 4 is 11.9 Å². The van der Waals surface area contributed by atoms with E-state index < -0.39 is 11.7 Å². The first-order chi connectivity index (χ1) is 11.4. The van der Waals surface area contributed by atoms with Crippen LogP contribution < -0.4 is 10.6 Å². The van der Waals surface area contributed by atoms with Crippen molar-refractivity contribution in [1.82, 2.24) is 20.1 Å². The van der Waals surface area contributed by atoms with Crippen molar-refractivity contribution in [1.29, 1.82) is 0 Å². The van der Waals surface area contributed by atoms with Crippen molar-refractivity contribution in [3.05, 3.63) is 35.8 Å². The molecular formula is C17H27N5O2. The normalized spacial score (nSPS) is 11.5. The molecule has 2 aromatic heterocycles. The molecule has 2 heterocycles. The van der Waals surface area contributed by atoms with Gasteiger partial charge in [-0.2, -0.15) is 5.10 Å². The number of nitrogens with zero attached hydrogens (tertiary/aromatic N) is 2. The average Bonchev–Trinajstić information content (AvgIpc) is 3.08. The Morgan fingerprint density at radius 3 is 2.88 bits per heavy atom. The van der Waals surface area contributed by atoms with Gasteiger partial charge in [0.25, 0.3) is 0 Å². The van der Waals surface area contributed by atoms with E-state index in [0.717, 1.165) is 25.1 Å². The van der Waals surface area contributed by atoms with E-state index in [2.05, 4.69) is 50.7 Å². The molecule has 0 saturated heterocycles. The van der Waals surface area contributed by atoms with Crippen molar-refractivity contribution in [2.24, 2.45) is 0 Å². The number of amides is 1. The van der Waals surface area contributed by atoms with E-state index in [9.17, 15) is 4.79 Å². The first kappa shape index (κ1) is 18.1. The molecule has 0 aliphatic rings. The molecule has 0 bridgehead atoms.